The maximum atomic E-state index is 4.69. The smallest absolute Gasteiger partial charge is 0.0930 e. The minimum absolute atomic E-state index is 0.838. The first-order valence-corrected chi connectivity index (χ1v) is 9.22. The van der Waals surface area contributed by atoms with E-state index in [0.717, 1.165) is 24.3 Å². The summed E-state index contributed by atoms with van der Waals surface area (Å²) in [4.78, 5) is 4.69. The summed E-state index contributed by atoms with van der Waals surface area (Å²) in [5.41, 5.74) is 1.19. The van der Waals surface area contributed by atoms with Gasteiger partial charge in [-0.25, -0.2) is 4.98 Å². The van der Waals surface area contributed by atoms with E-state index in [1.54, 1.807) is 0 Å². The maximum absolute atomic E-state index is 4.69. The number of hydrogen-bond donors (Lipinski definition) is 1. The third-order valence-electron chi connectivity index (χ3n) is 4.71. The Morgan fingerprint density at radius 3 is 2.80 bits per heavy atom. The molecule has 3 unspecified atom stereocenters. The third kappa shape index (κ3) is 4.56. The monoisotopic (exact) mass is 294 g/mol. The van der Waals surface area contributed by atoms with Crippen LogP contribution in [0, 0.1) is 24.7 Å². The summed E-state index contributed by atoms with van der Waals surface area (Å²) in [7, 11) is 0. The zero-order chi connectivity index (χ0) is 14.4. The van der Waals surface area contributed by atoms with Gasteiger partial charge in [-0.3, -0.25) is 0 Å². The van der Waals surface area contributed by atoms with Gasteiger partial charge in [-0.05, 0) is 50.6 Å². The van der Waals surface area contributed by atoms with Crippen molar-refractivity contribution in [3.05, 3.63) is 16.1 Å². The summed E-state index contributed by atoms with van der Waals surface area (Å²) >= 11 is 1.85. The molecule has 0 spiro atoms. The van der Waals surface area contributed by atoms with Crippen molar-refractivity contribution in [1.29, 1.82) is 0 Å². The SMILES string of the molecule is CCCC1CCC(CNCC)C(Cc2nc(C)cs2)C1. The van der Waals surface area contributed by atoms with E-state index in [2.05, 4.69) is 36.5 Å². The first-order chi connectivity index (χ1) is 9.72. The van der Waals surface area contributed by atoms with Gasteiger partial charge in [0.2, 0.25) is 0 Å². The summed E-state index contributed by atoms with van der Waals surface area (Å²) in [5, 5.41) is 7.12. The molecule has 1 aliphatic rings. The van der Waals surface area contributed by atoms with Crippen molar-refractivity contribution in [1.82, 2.24) is 10.3 Å². The van der Waals surface area contributed by atoms with Gasteiger partial charge < -0.3 is 5.32 Å². The average Bonchev–Trinajstić information content (AvgIpc) is 2.84. The normalized spacial score (nSPS) is 26.9. The van der Waals surface area contributed by atoms with Crippen molar-refractivity contribution >= 4 is 11.3 Å². The molecule has 1 aliphatic carbocycles. The van der Waals surface area contributed by atoms with E-state index < -0.39 is 0 Å². The van der Waals surface area contributed by atoms with Gasteiger partial charge in [0.15, 0.2) is 0 Å². The zero-order valence-electron chi connectivity index (χ0n) is 13.3. The summed E-state index contributed by atoms with van der Waals surface area (Å²) < 4.78 is 0. The van der Waals surface area contributed by atoms with Gasteiger partial charge in [0.1, 0.15) is 0 Å². The van der Waals surface area contributed by atoms with E-state index in [-0.39, 0.29) is 0 Å². The summed E-state index contributed by atoms with van der Waals surface area (Å²) in [6.07, 6.45) is 8.23. The van der Waals surface area contributed by atoms with Crippen molar-refractivity contribution < 1.29 is 0 Å². The number of thiazole rings is 1. The van der Waals surface area contributed by atoms with Crippen LogP contribution in [0.3, 0.4) is 0 Å². The molecule has 0 saturated heterocycles. The van der Waals surface area contributed by atoms with E-state index in [1.165, 1.54) is 55.8 Å². The highest BCUT2D eigenvalue weighted by Gasteiger charge is 2.30. The Labute approximate surface area is 128 Å². The van der Waals surface area contributed by atoms with Gasteiger partial charge in [0, 0.05) is 17.5 Å². The highest BCUT2D eigenvalue weighted by Crippen LogP contribution is 2.38. The largest absolute Gasteiger partial charge is 0.317 e. The number of aryl methyl sites for hydroxylation is 1. The fourth-order valence-electron chi connectivity index (χ4n) is 3.66. The fraction of sp³-hybridized carbons (Fsp3) is 0.824. The van der Waals surface area contributed by atoms with E-state index in [0.29, 0.717) is 0 Å². The second kappa shape index (κ2) is 8.14. The minimum Gasteiger partial charge on any atom is -0.317 e. The predicted octanol–water partition coefficient (Wildman–Crippen LogP) is 4.44. The van der Waals surface area contributed by atoms with Crippen LogP contribution in [0.4, 0.5) is 0 Å². The summed E-state index contributed by atoms with van der Waals surface area (Å²) in [5.74, 6) is 2.65. The van der Waals surface area contributed by atoms with Crippen LogP contribution in [-0.2, 0) is 6.42 Å². The first-order valence-electron chi connectivity index (χ1n) is 8.34. The standard InChI is InChI=1S/C17H30N2S/c1-4-6-14-7-8-15(11-18-5-2)16(9-14)10-17-19-13(3)12-20-17/h12,14-16,18H,4-11H2,1-3H3. The molecule has 0 amide bonds. The van der Waals surface area contributed by atoms with Crippen LogP contribution in [0.25, 0.3) is 0 Å². The van der Waals surface area contributed by atoms with E-state index in [4.69, 9.17) is 0 Å². The molecular formula is C17H30N2S. The van der Waals surface area contributed by atoms with E-state index in [9.17, 15) is 0 Å². The van der Waals surface area contributed by atoms with Gasteiger partial charge in [-0.1, -0.05) is 33.1 Å². The minimum atomic E-state index is 0.838. The molecule has 1 aromatic heterocycles. The Balaban J connectivity index is 1.96. The molecule has 3 heteroatoms. The molecule has 114 valence electrons. The first kappa shape index (κ1) is 16.0. The lowest BCUT2D eigenvalue weighted by atomic mass is 9.71. The molecule has 1 N–H and O–H groups in total. The van der Waals surface area contributed by atoms with Crippen molar-refractivity contribution in [2.24, 2.45) is 17.8 Å². The number of nitrogens with one attached hydrogen (secondary N) is 1. The van der Waals surface area contributed by atoms with Gasteiger partial charge >= 0.3 is 0 Å². The molecule has 2 rings (SSSR count). The molecular weight excluding hydrogens is 264 g/mol. The Morgan fingerprint density at radius 2 is 2.15 bits per heavy atom. The van der Waals surface area contributed by atoms with Gasteiger partial charge in [-0.15, -0.1) is 11.3 Å². The number of nitrogens with zero attached hydrogens (tertiary/aromatic N) is 1. The predicted molar refractivity (Wildman–Crippen MR) is 88.3 cm³/mol. The Morgan fingerprint density at radius 1 is 1.30 bits per heavy atom. The molecule has 3 atom stereocenters. The third-order valence-corrected chi connectivity index (χ3v) is 5.69. The van der Waals surface area contributed by atoms with Crippen LogP contribution in [0.1, 0.15) is 56.7 Å². The number of rotatable bonds is 7. The van der Waals surface area contributed by atoms with Crippen molar-refractivity contribution in [3.8, 4) is 0 Å². The summed E-state index contributed by atoms with van der Waals surface area (Å²) in [6.45, 7) is 8.94. The lowest BCUT2D eigenvalue weighted by Crippen LogP contribution is -2.34. The molecule has 1 saturated carbocycles. The zero-order valence-corrected chi connectivity index (χ0v) is 14.1. The molecule has 20 heavy (non-hydrogen) atoms. The summed E-state index contributed by atoms with van der Waals surface area (Å²) in [6, 6.07) is 0. The van der Waals surface area contributed by atoms with Crippen molar-refractivity contribution in [2.75, 3.05) is 13.1 Å². The average molecular weight is 295 g/mol. The van der Waals surface area contributed by atoms with Crippen LogP contribution in [0.15, 0.2) is 5.38 Å². The van der Waals surface area contributed by atoms with Crippen molar-refractivity contribution in [3.63, 3.8) is 0 Å². The van der Waals surface area contributed by atoms with E-state index >= 15 is 0 Å². The highest BCUT2D eigenvalue weighted by atomic mass is 32.1. The quantitative estimate of drug-likeness (QED) is 0.804. The van der Waals surface area contributed by atoms with Crippen LogP contribution >= 0.6 is 11.3 Å². The lowest BCUT2D eigenvalue weighted by molar-refractivity contribution is 0.168. The topological polar surface area (TPSA) is 24.9 Å². The van der Waals surface area contributed by atoms with Crippen LogP contribution in [0.2, 0.25) is 0 Å². The van der Waals surface area contributed by atoms with Gasteiger partial charge in [0.25, 0.3) is 0 Å². The molecule has 1 fully saturated rings. The Hall–Kier alpha value is -0.410. The second-order valence-electron chi connectivity index (χ2n) is 6.38. The van der Waals surface area contributed by atoms with Gasteiger partial charge in [-0.2, -0.15) is 0 Å². The molecule has 0 radical (unpaired) electrons. The van der Waals surface area contributed by atoms with Crippen LogP contribution < -0.4 is 5.32 Å². The molecule has 0 aromatic carbocycles. The Kier molecular flexibility index (Phi) is 6.50. The van der Waals surface area contributed by atoms with Crippen molar-refractivity contribution in [2.45, 2.75) is 59.3 Å². The van der Waals surface area contributed by atoms with Gasteiger partial charge in [0.05, 0.1) is 5.01 Å². The molecule has 2 nitrogen and oxygen atoms in total. The lowest BCUT2D eigenvalue weighted by Gasteiger charge is -2.36. The van der Waals surface area contributed by atoms with Crippen LogP contribution in [0.5, 0.6) is 0 Å². The molecule has 1 heterocycles. The molecule has 1 aromatic rings. The molecule has 0 bridgehead atoms. The Bertz CT molecular complexity index is 388. The fourth-order valence-corrected chi connectivity index (χ4v) is 4.53. The maximum Gasteiger partial charge on any atom is 0.0930 e. The highest BCUT2D eigenvalue weighted by molar-refractivity contribution is 7.09. The number of aromatic nitrogens is 1. The molecule has 0 aliphatic heterocycles. The second-order valence-corrected chi connectivity index (χ2v) is 7.32. The van der Waals surface area contributed by atoms with E-state index in [1.807, 2.05) is 11.3 Å². The van der Waals surface area contributed by atoms with Crippen LogP contribution in [-0.4, -0.2) is 18.1 Å². The number of hydrogen-bond acceptors (Lipinski definition) is 3.